The van der Waals surface area contributed by atoms with E-state index in [1.165, 1.54) is 22.5 Å². The number of sulfonamides is 1. The summed E-state index contributed by atoms with van der Waals surface area (Å²) in [5.74, 6) is -1.23. The van der Waals surface area contributed by atoms with Crippen LogP contribution in [0.1, 0.15) is 48.9 Å². The SMILES string of the molecule is Cc1c(C(=O)O)oc2ccc(S(=O)(=O)N(CCc3ccccc3)c3ccc(N4CCN(C(=O)CC(C)(C)C)CC4)cc3)cc12. The van der Waals surface area contributed by atoms with Crippen molar-refractivity contribution in [2.45, 2.75) is 45.4 Å². The average molecular weight is 618 g/mol. The first kappa shape index (κ1) is 31.1. The number of carboxylic acids is 1. The molecule has 0 bridgehead atoms. The minimum atomic E-state index is -4.03. The van der Waals surface area contributed by atoms with Crippen molar-refractivity contribution in [2.24, 2.45) is 5.41 Å². The topological polar surface area (TPSA) is 111 Å². The molecule has 0 unspecified atom stereocenters. The molecule has 9 nitrogen and oxygen atoms in total. The van der Waals surface area contributed by atoms with Gasteiger partial charge in [0.15, 0.2) is 0 Å². The number of fused-ring (bicyclic) bond motifs is 1. The summed E-state index contributed by atoms with van der Waals surface area (Å²) in [6.45, 7) is 10.7. The van der Waals surface area contributed by atoms with Crippen LogP contribution < -0.4 is 9.21 Å². The van der Waals surface area contributed by atoms with Crippen molar-refractivity contribution in [1.29, 1.82) is 0 Å². The predicted molar refractivity (Wildman–Crippen MR) is 172 cm³/mol. The van der Waals surface area contributed by atoms with E-state index in [0.29, 0.717) is 61.2 Å². The molecule has 1 aromatic heterocycles. The highest BCUT2D eigenvalue weighted by atomic mass is 32.2. The van der Waals surface area contributed by atoms with Crippen LogP contribution in [0.5, 0.6) is 0 Å². The van der Waals surface area contributed by atoms with Gasteiger partial charge in [0.05, 0.1) is 10.6 Å². The fourth-order valence-corrected chi connectivity index (χ4v) is 7.06. The van der Waals surface area contributed by atoms with Gasteiger partial charge in [-0.25, -0.2) is 13.2 Å². The Morgan fingerprint density at radius 3 is 2.20 bits per heavy atom. The molecule has 232 valence electrons. The highest BCUT2D eigenvalue weighted by molar-refractivity contribution is 7.92. The van der Waals surface area contributed by atoms with Crippen LogP contribution in [-0.4, -0.2) is 63.0 Å². The van der Waals surface area contributed by atoms with E-state index in [-0.39, 0.29) is 28.5 Å². The van der Waals surface area contributed by atoms with Crippen LogP contribution in [0.25, 0.3) is 11.0 Å². The highest BCUT2D eigenvalue weighted by Gasteiger charge is 2.28. The molecule has 1 N–H and O–H groups in total. The number of aryl methyl sites for hydroxylation is 1. The van der Waals surface area contributed by atoms with Crippen molar-refractivity contribution < 1.29 is 27.5 Å². The molecule has 1 amide bonds. The van der Waals surface area contributed by atoms with E-state index in [4.69, 9.17) is 4.42 Å². The molecule has 2 heterocycles. The second-order valence-corrected chi connectivity index (χ2v) is 14.3. The number of benzene rings is 3. The average Bonchev–Trinajstić information content (AvgIpc) is 3.33. The molecule has 0 radical (unpaired) electrons. The van der Waals surface area contributed by atoms with Crippen LogP contribution >= 0.6 is 0 Å². The minimum Gasteiger partial charge on any atom is -0.475 e. The Balaban J connectivity index is 1.40. The predicted octanol–water partition coefficient (Wildman–Crippen LogP) is 5.96. The smallest absolute Gasteiger partial charge is 0.372 e. The van der Waals surface area contributed by atoms with E-state index in [0.717, 1.165) is 11.3 Å². The summed E-state index contributed by atoms with van der Waals surface area (Å²) in [7, 11) is -4.03. The summed E-state index contributed by atoms with van der Waals surface area (Å²) < 4.78 is 35.2. The second kappa shape index (κ2) is 12.4. The zero-order valence-electron chi connectivity index (χ0n) is 25.6. The number of anilines is 2. The monoisotopic (exact) mass is 617 g/mol. The van der Waals surface area contributed by atoms with Crippen molar-refractivity contribution in [3.63, 3.8) is 0 Å². The summed E-state index contributed by atoms with van der Waals surface area (Å²) in [5, 5.41) is 9.91. The Morgan fingerprint density at radius 1 is 0.932 bits per heavy atom. The number of hydrogen-bond donors (Lipinski definition) is 1. The van der Waals surface area contributed by atoms with E-state index in [1.807, 2.05) is 59.5 Å². The van der Waals surface area contributed by atoms with Crippen molar-refractivity contribution in [2.75, 3.05) is 41.9 Å². The minimum absolute atomic E-state index is 0.0543. The number of carboxylic acid groups (broad SMARTS) is 1. The number of carbonyl (C=O) groups is 2. The van der Waals surface area contributed by atoms with Gasteiger partial charge >= 0.3 is 5.97 Å². The zero-order chi connectivity index (χ0) is 31.6. The van der Waals surface area contributed by atoms with Gasteiger partial charge in [-0.15, -0.1) is 0 Å². The van der Waals surface area contributed by atoms with E-state index in [9.17, 15) is 23.1 Å². The van der Waals surface area contributed by atoms with E-state index < -0.39 is 16.0 Å². The molecule has 0 saturated carbocycles. The highest BCUT2D eigenvalue weighted by Crippen LogP contribution is 2.32. The third kappa shape index (κ3) is 6.75. The van der Waals surface area contributed by atoms with Crippen molar-refractivity contribution >= 4 is 44.2 Å². The molecule has 44 heavy (non-hydrogen) atoms. The molecule has 0 spiro atoms. The zero-order valence-corrected chi connectivity index (χ0v) is 26.4. The number of rotatable bonds is 9. The molecule has 1 fully saturated rings. The first-order valence-electron chi connectivity index (χ1n) is 14.8. The van der Waals surface area contributed by atoms with Gasteiger partial charge < -0.3 is 19.3 Å². The fraction of sp³-hybridized carbons (Fsp3) is 0.353. The Morgan fingerprint density at radius 2 is 1.59 bits per heavy atom. The molecule has 4 aromatic rings. The van der Waals surface area contributed by atoms with Gasteiger partial charge in [0.1, 0.15) is 5.58 Å². The third-order valence-electron chi connectivity index (χ3n) is 7.95. The first-order valence-corrected chi connectivity index (χ1v) is 16.2. The van der Waals surface area contributed by atoms with Gasteiger partial charge in [-0.05, 0) is 66.8 Å². The molecule has 0 aliphatic carbocycles. The van der Waals surface area contributed by atoms with E-state index in [2.05, 4.69) is 25.7 Å². The summed E-state index contributed by atoms with van der Waals surface area (Å²) in [6, 6.07) is 21.6. The van der Waals surface area contributed by atoms with Crippen LogP contribution in [0.15, 0.2) is 82.1 Å². The first-order chi connectivity index (χ1) is 20.8. The molecule has 1 saturated heterocycles. The molecule has 3 aromatic carbocycles. The van der Waals surface area contributed by atoms with Crippen molar-refractivity contribution in [3.05, 3.63) is 89.7 Å². The fourth-order valence-electron chi connectivity index (χ4n) is 5.56. The third-order valence-corrected chi connectivity index (χ3v) is 9.78. The summed E-state index contributed by atoms with van der Waals surface area (Å²) in [4.78, 5) is 28.5. The maximum atomic E-state index is 14.2. The number of aromatic carboxylic acids is 1. The lowest BCUT2D eigenvalue weighted by Gasteiger charge is -2.37. The number of piperazine rings is 1. The number of carbonyl (C=O) groups excluding carboxylic acids is 1. The summed E-state index contributed by atoms with van der Waals surface area (Å²) in [5.41, 5.74) is 3.15. The van der Waals surface area contributed by atoms with Crippen LogP contribution in [0.2, 0.25) is 0 Å². The Labute approximate surface area is 258 Å². The van der Waals surface area contributed by atoms with Gasteiger partial charge in [-0.1, -0.05) is 51.1 Å². The molecular weight excluding hydrogens is 578 g/mol. The number of nitrogens with zero attached hydrogens (tertiary/aromatic N) is 3. The number of furan rings is 1. The lowest BCUT2D eigenvalue weighted by molar-refractivity contribution is -0.133. The molecule has 5 rings (SSSR count). The quantitative estimate of drug-likeness (QED) is 0.247. The van der Waals surface area contributed by atoms with Crippen LogP contribution in [0.4, 0.5) is 11.4 Å². The molecule has 10 heteroatoms. The largest absolute Gasteiger partial charge is 0.475 e. The number of amides is 1. The molecule has 1 aliphatic heterocycles. The van der Waals surface area contributed by atoms with E-state index >= 15 is 0 Å². The Kier molecular flexibility index (Phi) is 8.74. The lowest BCUT2D eigenvalue weighted by Crippen LogP contribution is -2.49. The van der Waals surface area contributed by atoms with Crippen LogP contribution in [0.3, 0.4) is 0 Å². The summed E-state index contributed by atoms with van der Waals surface area (Å²) in [6.07, 6.45) is 1.02. The molecule has 0 atom stereocenters. The van der Waals surface area contributed by atoms with Gasteiger partial charge in [-0.3, -0.25) is 9.10 Å². The maximum Gasteiger partial charge on any atom is 0.372 e. The summed E-state index contributed by atoms with van der Waals surface area (Å²) >= 11 is 0. The van der Waals surface area contributed by atoms with Gasteiger partial charge in [0, 0.05) is 55.8 Å². The van der Waals surface area contributed by atoms with Gasteiger partial charge in [-0.2, -0.15) is 0 Å². The van der Waals surface area contributed by atoms with Crippen LogP contribution in [0, 0.1) is 12.3 Å². The standard InChI is InChI=1S/C34H39N3O6S/c1-24-29-22-28(14-15-30(29)43-32(24)33(39)40)44(41,42)37(17-16-25-8-6-5-7-9-25)27-12-10-26(11-13-27)35-18-20-36(21-19-35)31(38)23-34(2,3)4/h5-15,22H,16-21,23H2,1-4H3,(H,39,40). The normalized spacial score (nSPS) is 14.2. The maximum absolute atomic E-state index is 14.2. The van der Waals surface area contributed by atoms with Crippen molar-refractivity contribution in [1.82, 2.24) is 4.90 Å². The van der Waals surface area contributed by atoms with E-state index in [1.54, 1.807) is 6.92 Å². The molecule has 1 aliphatic rings. The van der Waals surface area contributed by atoms with Crippen molar-refractivity contribution in [3.8, 4) is 0 Å². The Bertz CT molecular complexity index is 1750. The lowest BCUT2D eigenvalue weighted by atomic mass is 9.91. The van der Waals surface area contributed by atoms with Crippen LogP contribution in [-0.2, 0) is 21.2 Å². The van der Waals surface area contributed by atoms with Gasteiger partial charge in [0.2, 0.25) is 11.7 Å². The second-order valence-electron chi connectivity index (χ2n) is 12.5. The van der Waals surface area contributed by atoms with Gasteiger partial charge in [0.25, 0.3) is 10.0 Å². The Hall–Kier alpha value is -4.31. The molecular formula is C34H39N3O6S. The number of hydrogen-bond acceptors (Lipinski definition) is 6.